The fourth-order valence-electron chi connectivity index (χ4n) is 1.40. The minimum absolute atomic E-state index is 0.231. The molecule has 0 bridgehead atoms. The second kappa shape index (κ2) is 5.58. The van der Waals surface area contributed by atoms with Crippen LogP contribution in [0.25, 0.3) is 0 Å². The monoisotopic (exact) mass is 211 g/mol. The van der Waals surface area contributed by atoms with Crippen molar-refractivity contribution in [1.82, 2.24) is 0 Å². The van der Waals surface area contributed by atoms with Gasteiger partial charge in [0.05, 0.1) is 20.8 Å². The van der Waals surface area contributed by atoms with Crippen LogP contribution < -0.4 is 15.4 Å². The normalized spacial score (nSPS) is 12.3. The molecular formula is C11H17NO3. The number of rotatable bonds is 5. The SMILES string of the molecule is COc1ccc(C(C)CON)cc1OC. The molecule has 0 radical (unpaired) electrons. The van der Waals surface area contributed by atoms with Gasteiger partial charge >= 0.3 is 0 Å². The zero-order valence-electron chi connectivity index (χ0n) is 9.32. The molecule has 1 aromatic rings. The van der Waals surface area contributed by atoms with Crippen molar-refractivity contribution >= 4 is 0 Å². The number of benzene rings is 1. The van der Waals surface area contributed by atoms with Crippen LogP contribution in [0.4, 0.5) is 0 Å². The van der Waals surface area contributed by atoms with Gasteiger partial charge in [0.2, 0.25) is 0 Å². The maximum atomic E-state index is 5.21. The largest absolute Gasteiger partial charge is 0.493 e. The fraction of sp³-hybridized carbons (Fsp3) is 0.455. The van der Waals surface area contributed by atoms with E-state index in [1.807, 2.05) is 25.1 Å². The third kappa shape index (κ3) is 2.84. The molecule has 1 atom stereocenters. The Labute approximate surface area is 89.9 Å². The van der Waals surface area contributed by atoms with Crippen molar-refractivity contribution in [3.63, 3.8) is 0 Å². The lowest BCUT2D eigenvalue weighted by Crippen LogP contribution is -2.08. The van der Waals surface area contributed by atoms with Gasteiger partial charge in [0.1, 0.15) is 0 Å². The zero-order valence-corrected chi connectivity index (χ0v) is 9.32. The quantitative estimate of drug-likeness (QED) is 0.753. The van der Waals surface area contributed by atoms with E-state index in [2.05, 4.69) is 4.84 Å². The topological polar surface area (TPSA) is 53.7 Å². The van der Waals surface area contributed by atoms with Gasteiger partial charge in [-0.25, -0.2) is 5.90 Å². The van der Waals surface area contributed by atoms with E-state index in [9.17, 15) is 0 Å². The molecule has 0 saturated heterocycles. The van der Waals surface area contributed by atoms with Crippen LogP contribution in [0.15, 0.2) is 18.2 Å². The lowest BCUT2D eigenvalue weighted by atomic mass is 10.0. The van der Waals surface area contributed by atoms with Crippen LogP contribution in [-0.2, 0) is 4.84 Å². The van der Waals surface area contributed by atoms with Crippen LogP contribution in [-0.4, -0.2) is 20.8 Å². The average Bonchev–Trinajstić information content (AvgIpc) is 2.28. The minimum Gasteiger partial charge on any atom is -0.493 e. The predicted molar refractivity (Wildman–Crippen MR) is 58.1 cm³/mol. The minimum atomic E-state index is 0.231. The molecule has 1 unspecified atom stereocenters. The molecule has 4 nitrogen and oxygen atoms in total. The van der Waals surface area contributed by atoms with Gasteiger partial charge in [-0.15, -0.1) is 0 Å². The highest BCUT2D eigenvalue weighted by Crippen LogP contribution is 2.30. The lowest BCUT2D eigenvalue weighted by Gasteiger charge is -2.13. The van der Waals surface area contributed by atoms with E-state index in [1.54, 1.807) is 14.2 Å². The highest BCUT2D eigenvalue weighted by molar-refractivity contribution is 5.43. The summed E-state index contributed by atoms with van der Waals surface area (Å²) in [5, 5.41) is 0. The molecule has 1 rings (SSSR count). The van der Waals surface area contributed by atoms with Gasteiger partial charge in [-0.05, 0) is 17.7 Å². The molecule has 0 spiro atoms. The summed E-state index contributed by atoms with van der Waals surface area (Å²) in [5.41, 5.74) is 1.11. The maximum Gasteiger partial charge on any atom is 0.160 e. The zero-order chi connectivity index (χ0) is 11.3. The number of hydrogen-bond acceptors (Lipinski definition) is 4. The number of hydrogen-bond donors (Lipinski definition) is 1. The van der Waals surface area contributed by atoms with E-state index in [0.29, 0.717) is 6.61 Å². The third-order valence-electron chi connectivity index (χ3n) is 2.32. The van der Waals surface area contributed by atoms with E-state index in [0.717, 1.165) is 17.1 Å². The molecule has 15 heavy (non-hydrogen) atoms. The van der Waals surface area contributed by atoms with Gasteiger partial charge in [-0.1, -0.05) is 13.0 Å². The summed E-state index contributed by atoms with van der Waals surface area (Å²) in [6.07, 6.45) is 0. The van der Waals surface area contributed by atoms with Crippen molar-refractivity contribution in [2.24, 2.45) is 5.90 Å². The Kier molecular flexibility index (Phi) is 4.39. The van der Waals surface area contributed by atoms with Crippen molar-refractivity contribution in [3.05, 3.63) is 23.8 Å². The summed E-state index contributed by atoms with van der Waals surface area (Å²) in [4.78, 5) is 4.62. The Hall–Kier alpha value is -1.26. The summed E-state index contributed by atoms with van der Waals surface area (Å²) in [5.74, 6) is 6.71. The van der Waals surface area contributed by atoms with Crippen LogP contribution in [0.1, 0.15) is 18.4 Å². The van der Waals surface area contributed by atoms with Gasteiger partial charge in [-0.2, -0.15) is 0 Å². The third-order valence-corrected chi connectivity index (χ3v) is 2.32. The van der Waals surface area contributed by atoms with Crippen molar-refractivity contribution in [3.8, 4) is 11.5 Å². The summed E-state index contributed by atoms with van der Waals surface area (Å²) >= 11 is 0. The summed E-state index contributed by atoms with van der Waals surface area (Å²) in [6, 6.07) is 5.79. The van der Waals surface area contributed by atoms with Gasteiger partial charge in [0.15, 0.2) is 11.5 Å². The first-order chi connectivity index (χ1) is 7.22. The molecule has 0 aliphatic heterocycles. The first-order valence-corrected chi connectivity index (χ1v) is 4.76. The maximum absolute atomic E-state index is 5.21. The van der Waals surface area contributed by atoms with Crippen LogP contribution in [0.2, 0.25) is 0 Å². The summed E-state index contributed by atoms with van der Waals surface area (Å²) < 4.78 is 10.4. The predicted octanol–water partition coefficient (Wildman–Crippen LogP) is 1.70. The van der Waals surface area contributed by atoms with Gasteiger partial charge in [0, 0.05) is 5.92 Å². The first-order valence-electron chi connectivity index (χ1n) is 4.76. The van der Waals surface area contributed by atoms with Crippen molar-refractivity contribution in [1.29, 1.82) is 0 Å². The molecule has 0 aliphatic carbocycles. The highest BCUT2D eigenvalue weighted by atomic mass is 16.6. The van der Waals surface area contributed by atoms with E-state index in [1.165, 1.54) is 0 Å². The van der Waals surface area contributed by atoms with Crippen LogP contribution >= 0.6 is 0 Å². The second-order valence-corrected chi connectivity index (χ2v) is 3.35. The number of ether oxygens (including phenoxy) is 2. The smallest absolute Gasteiger partial charge is 0.160 e. The Morgan fingerprint density at radius 1 is 1.20 bits per heavy atom. The van der Waals surface area contributed by atoms with E-state index < -0.39 is 0 Å². The number of nitrogens with two attached hydrogens (primary N) is 1. The van der Waals surface area contributed by atoms with Crippen molar-refractivity contribution < 1.29 is 14.3 Å². The molecule has 0 fully saturated rings. The average molecular weight is 211 g/mol. The van der Waals surface area contributed by atoms with Crippen molar-refractivity contribution in [2.75, 3.05) is 20.8 Å². The molecule has 0 heterocycles. The Balaban J connectivity index is 2.92. The fourth-order valence-corrected chi connectivity index (χ4v) is 1.40. The summed E-state index contributed by atoms with van der Waals surface area (Å²) in [7, 11) is 3.23. The molecule has 0 amide bonds. The lowest BCUT2D eigenvalue weighted by molar-refractivity contribution is 0.126. The molecule has 2 N–H and O–H groups in total. The first kappa shape index (κ1) is 11.8. The Bertz CT molecular complexity index is 315. The van der Waals surface area contributed by atoms with Gasteiger partial charge < -0.3 is 14.3 Å². The molecule has 4 heteroatoms. The molecule has 0 aliphatic rings. The summed E-state index contributed by atoms with van der Waals surface area (Å²) in [6.45, 7) is 2.52. The molecule has 0 aromatic heterocycles. The van der Waals surface area contributed by atoms with Crippen LogP contribution in [0.3, 0.4) is 0 Å². The van der Waals surface area contributed by atoms with E-state index >= 15 is 0 Å². The standard InChI is InChI=1S/C11H17NO3/c1-8(7-15-12)9-4-5-10(13-2)11(6-9)14-3/h4-6,8H,7,12H2,1-3H3. The number of methoxy groups -OCH3 is 2. The molecule has 1 aromatic carbocycles. The van der Waals surface area contributed by atoms with Crippen LogP contribution in [0, 0.1) is 0 Å². The molecule has 84 valence electrons. The Morgan fingerprint density at radius 2 is 1.87 bits per heavy atom. The van der Waals surface area contributed by atoms with E-state index in [4.69, 9.17) is 15.4 Å². The van der Waals surface area contributed by atoms with Crippen molar-refractivity contribution in [2.45, 2.75) is 12.8 Å². The van der Waals surface area contributed by atoms with Gasteiger partial charge in [-0.3, -0.25) is 0 Å². The molecule has 0 saturated carbocycles. The van der Waals surface area contributed by atoms with Crippen LogP contribution in [0.5, 0.6) is 11.5 Å². The molecular weight excluding hydrogens is 194 g/mol. The Morgan fingerprint density at radius 3 is 2.40 bits per heavy atom. The highest BCUT2D eigenvalue weighted by Gasteiger charge is 2.09. The second-order valence-electron chi connectivity index (χ2n) is 3.35. The van der Waals surface area contributed by atoms with E-state index in [-0.39, 0.29) is 5.92 Å². The van der Waals surface area contributed by atoms with Gasteiger partial charge in [0.25, 0.3) is 0 Å².